The summed E-state index contributed by atoms with van der Waals surface area (Å²) in [6, 6.07) is 4.32. The standard InChI is InChI=1S/C20H28N6/c1-25(2)18-8-3-13(9-21-18)10-26-11-16(14-4-5-14)17(12-26)20-22-19(23-24-20)15-6-7-15/h3,8-9,14-17H,4-7,10-12H2,1-2H3,(H,22,23,24)/t16-,17+/m1/s1. The Bertz CT molecular complexity index is 759. The summed E-state index contributed by atoms with van der Waals surface area (Å²) in [5.41, 5.74) is 1.29. The Morgan fingerprint density at radius 3 is 2.65 bits per heavy atom. The number of aromatic amines is 1. The maximum absolute atomic E-state index is 4.88. The molecule has 0 amide bonds. The van der Waals surface area contributed by atoms with E-state index < -0.39 is 0 Å². The molecule has 26 heavy (non-hydrogen) atoms. The van der Waals surface area contributed by atoms with Gasteiger partial charge in [0.05, 0.1) is 0 Å². The van der Waals surface area contributed by atoms with E-state index in [1.165, 1.54) is 37.8 Å². The van der Waals surface area contributed by atoms with Crippen LogP contribution >= 0.6 is 0 Å². The van der Waals surface area contributed by atoms with E-state index in [4.69, 9.17) is 4.98 Å². The lowest BCUT2D eigenvalue weighted by Gasteiger charge is -2.16. The molecule has 1 aliphatic heterocycles. The second-order valence-corrected chi connectivity index (χ2v) is 8.57. The number of anilines is 1. The Hall–Kier alpha value is -1.95. The Morgan fingerprint density at radius 2 is 2.00 bits per heavy atom. The van der Waals surface area contributed by atoms with Gasteiger partial charge in [-0.3, -0.25) is 10.00 Å². The number of H-pyrrole nitrogens is 1. The Labute approximate surface area is 155 Å². The van der Waals surface area contributed by atoms with Crippen LogP contribution in [0.3, 0.4) is 0 Å². The van der Waals surface area contributed by atoms with Crippen LogP contribution in [-0.4, -0.2) is 52.3 Å². The monoisotopic (exact) mass is 352 g/mol. The zero-order valence-corrected chi connectivity index (χ0v) is 15.7. The topological polar surface area (TPSA) is 60.9 Å². The minimum atomic E-state index is 0.511. The number of nitrogens with zero attached hydrogens (tertiary/aromatic N) is 5. The first-order valence-corrected chi connectivity index (χ1v) is 9.94. The first kappa shape index (κ1) is 16.2. The second-order valence-electron chi connectivity index (χ2n) is 8.57. The number of nitrogens with one attached hydrogen (secondary N) is 1. The van der Waals surface area contributed by atoms with Gasteiger partial charge in [0.1, 0.15) is 11.6 Å². The van der Waals surface area contributed by atoms with Gasteiger partial charge in [0, 0.05) is 51.8 Å². The number of likely N-dealkylation sites (tertiary alicyclic amines) is 1. The number of pyridine rings is 1. The molecule has 2 atom stereocenters. The van der Waals surface area contributed by atoms with Gasteiger partial charge in [-0.1, -0.05) is 6.07 Å². The average molecular weight is 352 g/mol. The van der Waals surface area contributed by atoms with Gasteiger partial charge in [-0.2, -0.15) is 5.10 Å². The molecule has 0 spiro atoms. The highest BCUT2D eigenvalue weighted by molar-refractivity contribution is 5.37. The zero-order valence-electron chi connectivity index (χ0n) is 15.7. The highest BCUT2D eigenvalue weighted by atomic mass is 15.2. The third-order valence-corrected chi connectivity index (χ3v) is 6.16. The molecule has 1 saturated heterocycles. The Morgan fingerprint density at radius 1 is 1.15 bits per heavy atom. The van der Waals surface area contributed by atoms with E-state index in [1.54, 1.807) is 0 Å². The predicted octanol–water partition coefficient (Wildman–Crippen LogP) is 2.77. The third-order valence-electron chi connectivity index (χ3n) is 6.16. The molecule has 2 aromatic rings. The maximum atomic E-state index is 4.88. The van der Waals surface area contributed by atoms with Crippen LogP contribution in [0.2, 0.25) is 0 Å². The summed E-state index contributed by atoms with van der Waals surface area (Å²) >= 11 is 0. The van der Waals surface area contributed by atoms with Crippen LogP contribution in [0.25, 0.3) is 0 Å². The number of aromatic nitrogens is 4. The molecule has 6 nitrogen and oxygen atoms in total. The molecule has 2 aliphatic carbocycles. The Kier molecular flexibility index (Phi) is 3.96. The molecule has 3 heterocycles. The summed E-state index contributed by atoms with van der Waals surface area (Å²) in [6.07, 6.45) is 7.32. The SMILES string of the molecule is CN(C)c1ccc(CN2C[C@H](c3nc(C4CC4)n[nH]3)[C@@H](C3CC3)C2)cn1. The van der Waals surface area contributed by atoms with E-state index in [-0.39, 0.29) is 0 Å². The van der Waals surface area contributed by atoms with E-state index in [1.807, 2.05) is 25.2 Å². The smallest absolute Gasteiger partial charge is 0.153 e. The molecular formula is C20H28N6. The predicted molar refractivity (Wildman–Crippen MR) is 101 cm³/mol. The summed E-state index contributed by atoms with van der Waals surface area (Å²) in [5, 5.41) is 7.78. The van der Waals surface area contributed by atoms with Gasteiger partial charge in [-0.15, -0.1) is 0 Å². The van der Waals surface area contributed by atoms with Gasteiger partial charge in [0.15, 0.2) is 5.82 Å². The highest BCUT2D eigenvalue weighted by Crippen LogP contribution is 2.47. The molecule has 0 unspecified atom stereocenters. The van der Waals surface area contributed by atoms with Gasteiger partial charge < -0.3 is 4.90 Å². The van der Waals surface area contributed by atoms with Gasteiger partial charge in [-0.05, 0) is 49.1 Å². The molecule has 138 valence electrons. The van der Waals surface area contributed by atoms with Crippen LogP contribution in [0.4, 0.5) is 5.82 Å². The molecule has 1 N–H and O–H groups in total. The van der Waals surface area contributed by atoms with Crippen molar-refractivity contribution in [2.75, 3.05) is 32.1 Å². The zero-order chi connectivity index (χ0) is 17.7. The van der Waals surface area contributed by atoms with Crippen LogP contribution < -0.4 is 4.90 Å². The first-order valence-electron chi connectivity index (χ1n) is 9.94. The van der Waals surface area contributed by atoms with Gasteiger partial charge >= 0.3 is 0 Å². The van der Waals surface area contributed by atoms with Crippen LogP contribution in [-0.2, 0) is 6.54 Å². The number of hydrogen-bond acceptors (Lipinski definition) is 5. The van der Waals surface area contributed by atoms with E-state index >= 15 is 0 Å². The van der Waals surface area contributed by atoms with Crippen LogP contribution in [0, 0.1) is 11.8 Å². The Balaban J connectivity index is 1.29. The van der Waals surface area contributed by atoms with Gasteiger partial charge in [0.2, 0.25) is 0 Å². The third kappa shape index (κ3) is 3.22. The van der Waals surface area contributed by atoms with Crippen molar-refractivity contribution >= 4 is 5.82 Å². The first-order chi connectivity index (χ1) is 12.7. The second kappa shape index (κ2) is 6.34. The van der Waals surface area contributed by atoms with E-state index in [9.17, 15) is 0 Å². The van der Waals surface area contributed by atoms with Crippen molar-refractivity contribution in [3.63, 3.8) is 0 Å². The van der Waals surface area contributed by atoms with Crippen LogP contribution in [0.15, 0.2) is 18.3 Å². The van der Waals surface area contributed by atoms with Gasteiger partial charge in [-0.25, -0.2) is 9.97 Å². The molecule has 5 rings (SSSR count). The summed E-state index contributed by atoms with van der Waals surface area (Å²) in [4.78, 5) is 14.1. The quantitative estimate of drug-likeness (QED) is 0.866. The lowest BCUT2D eigenvalue weighted by Crippen LogP contribution is -2.21. The summed E-state index contributed by atoms with van der Waals surface area (Å²) in [5.74, 6) is 5.94. The minimum Gasteiger partial charge on any atom is -0.363 e. The molecule has 2 saturated carbocycles. The molecule has 3 fully saturated rings. The van der Waals surface area contributed by atoms with Crippen molar-refractivity contribution in [2.24, 2.45) is 11.8 Å². The van der Waals surface area contributed by atoms with E-state index in [2.05, 4.69) is 32.2 Å². The minimum absolute atomic E-state index is 0.511. The molecule has 3 aliphatic rings. The lowest BCUT2D eigenvalue weighted by atomic mass is 9.91. The molecule has 0 bridgehead atoms. The van der Waals surface area contributed by atoms with Crippen molar-refractivity contribution in [2.45, 2.75) is 44.1 Å². The van der Waals surface area contributed by atoms with Crippen molar-refractivity contribution < 1.29 is 0 Å². The summed E-state index contributed by atoms with van der Waals surface area (Å²) in [7, 11) is 4.06. The average Bonchev–Trinajstić information content (AvgIpc) is 3.57. The fourth-order valence-electron chi connectivity index (χ4n) is 4.34. The number of hydrogen-bond donors (Lipinski definition) is 1. The fraction of sp³-hybridized carbons (Fsp3) is 0.650. The van der Waals surface area contributed by atoms with Crippen molar-refractivity contribution in [3.8, 4) is 0 Å². The lowest BCUT2D eigenvalue weighted by molar-refractivity contribution is 0.309. The van der Waals surface area contributed by atoms with Crippen LogP contribution in [0.1, 0.15) is 54.7 Å². The van der Waals surface area contributed by atoms with Crippen molar-refractivity contribution in [1.29, 1.82) is 0 Å². The largest absolute Gasteiger partial charge is 0.363 e. The summed E-state index contributed by atoms with van der Waals surface area (Å²) < 4.78 is 0. The molecule has 6 heteroatoms. The molecule has 2 aromatic heterocycles. The van der Waals surface area contributed by atoms with Crippen LogP contribution in [0.5, 0.6) is 0 Å². The number of rotatable bonds is 6. The molecular weight excluding hydrogens is 324 g/mol. The molecule has 0 aromatic carbocycles. The van der Waals surface area contributed by atoms with E-state index in [0.717, 1.165) is 42.4 Å². The van der Waals surface area contributed by atoms with Crippen molar-refractivity contribution in [1.82, 2.24) is 25.1 Å². The normalized spacial score (nSPS) is 26.4. The fourth-order valence-corrected chi connectivity index (χ4v) is 4.34. The summed E-state index contributed by atoms with van der Waals surface area (Å²) in [6.45, 7) is 3.23. The molecule has 0 radical (unpaired) electrons. The highest BCUT2D eigenvalue weighted by Gasteiger charge is 2.44. The maximum Gasteiger partial charge on any atom is 0.153 e. The van der Waals surface area contributed by atoms with Crippen molar-refractivity contribution in [3.05, 3.63) is 35.5 Å². The van der Waals surface area contributed by atoms with E-state index in [0.29, 0.717) is 11.8 Å². The van der Waals surface area contributed by atoms with Gasteiger partial charge in [0.25, 0.3) is 0 Å².